The molecule has 3 heterocycles. The van der Waals surface area contributed by atoms with Gasteiger partial charge in [0.1, 0.15) is 5.73 Å². The van der Waals surface area contributed by atoms with Crippen LogP contribution in [0.2, 0.25) is 13.1 Å². The van der Waals surface area contributed by atoms with Gasteiger partial charge in [-0.1, -0.05) is 0 Å². The highest BCUT2D eigenvalue weighted by molar-refractivity contribution is 6.92. The lowest BCUT2D eigenvalue weighted by molar-refractivity contribution is -0.0735. The van der Waals surface area contributed by atoms with E-state index in [1.165, 1.54) is 55.8 Å². The molecule has 5 unspecified atom stereocenters. The normalized spacial score (nSPS) is 45.1. The van der Waals surface area contributed by atoms with Gasteiger partial charge >= 0.3 is 71.7 Å². The molecule has 2 N–H and O–H groups in total. The van der Waals surface area contributed by atoms with E-state index in [1.54, 1.807) is 6.92 Å². The topological polar surface area (TPSA) is 207 Å². The zero-order chi connectivity index (χ0) is 30.3. The minimum atomic E-state index is -4.89. The van der Waals surface area contributed by atoms with Crippen molar-refractivity contribution in [3.05, 3.63) is 0 Å². The van der Waals surface area contributed by atoms with Gasteiger partial charge in [0, 0.05) is 70.0 Å². The average Bonchev–Trinajstić information content (AvgIpc) is 3.18. The van der Waals surface area contributed by atoms with Gasteiger partial charge in [0.05, 0.1) is 0 Å². The van der Waals surface area contributed by atoms with E-state index in [0.717, 1.165) is 14.2 Å². The molecule has 28 heteroatoms. The van der Waals surface area contributed by atoms with Gasteiger partial charge < -0.3 is 86.5 Å². The van der Waals surface area contributed by atoms with Gasteiger partial charge in [-0.3, -0.25) is 0 Å². The standard InChI is InChI=1S/C12H36O20Si8/c1-12-23-37(19-6)27-35(12,17-4)28-40(22-9)31-38(20-7,29-36(14,18-5)24-33(10,13)15-2)25-34(11,16-3)26-39(21-8,30-37)32-40/h12-14H,1-11H3/t12?,33?,34-,35-,36+,37?,38?,39-,40?/m1/s1. The first-order valence-electron chi connectivity index (χ1n) is 11.3. The summed E-state index contributed by atoms with van der Waals surface area (Å²) in [7, 11) is -25.5. The molecule has 40 heavy (non-hydrogen) atoms. The van der Waals surface area contributed by atoms with Crippen LogP contribution in [0.1, 0.15) is 6.92 Å². The fraction of sp³-hybridized carbons (Fsp3) is 1.00. The molecule has 3 saturated heterocycles. The van der Waals surface area contributed by atoms with Gasteiger partial charge in [-0.2, -0.15) is 0 Å². The number of hydrogen-bond acceptors (Lipinski definition) is 20. The van der Waals surface area contributed by atoms with Crippen LogP contribution >= 0.6 is 0 Å². The van der Waals surface area contributed by atoms with E-state index in [9.17, 15) is 9.59 Å². The molecule has 0 amide bonds. The number of hydrogen-bond donors (Lipinski definition) is 2. The van der Waals surface area contributed by atoms with Gasteiger partial charge in [-0.05, 0) is 6.92 Å². The van der Waals surface area contributed by atoms with Crippen LogP contribution in [0.3, 0.4) is 0 Å². The fourth-order valence-corrected chi connectivity index (χ4v) is 33.3. The van der Waals surface area contributed by atoms with Gasteiger partial charge in [-0.15, -0.1) is 0 Å². The first-order valence-corrected chi connectivity index (χ1v) is 25.8. The van der Waals surface area contributed by atoms with Crippen molar-refractivity contribution in [1.82, 2.24) is 0 Å². The average molecular weight is 725 g/mol. The van der Waals surface area contributed by atoms with Crippen LogP contribution in [-0.4, -0.2) is 144 Å². The molecule has 0 spiro atoms. The van der Waals surface area contributed by atoms with Crippen molar-refractivity contribution >= 4 is 71.7 Å². The third kappa shape index (κ3) is 6.93. The van der Waals surface area contributed by atoms with Gasteiger partial charge in [0.15, 0.2) is 0 Å². The van der Waals surface area contributed by atoms with Crippen molar-refractivity contribution < 1.29 is 86.5 Å². The molecule has 0 aliphatic carbocycles. The van der Waals surface area contributed by atoms with Crippen LogP contribution in [0.5, 0.6) is 0 Å². The van der Waals surface area contributed by atoms with Crippen LogP contribution in [0, 0.1) is 0 Å². The van der Waals surface area contributed by atoms with E-state index in [0.29, 0.717) is 0 Å². The summed E-state index contributed by atoms with van der Waals surface area (Å²) in [5.41, 5.74) is -0.885. The van der Waals surface area contributed by atoms with Crippen molar-refractivity contribution in [3.8, 4) is 0 Å². The van der Waals surface area contributed by atoms with Crippen LogP contribution in [0.15, 0.2) is 0 Å². The summed E-state index contributed by atoms with van der Waals surface area (Å²) in [6.45, 7) is 4.23. The monoisotopic (exact) mass is 724 g/mol. The summed E-state index contributed by atoms with van der Waals surface area (Å²) < 4.78 is 104. The molecule has 0 aromatic carbocycles. The SMILES string of the molecule is CO[Si](C)(O)O[Si@](O)(OC)O[Si]1(OC)O[Si]2(OC)O[Si@@](OC)(O[Si]3(OC)OC(C)[Si@@](OC)(O3)O2)O[Si@](C)(OC)O1. The zero-order valence-corrected chi connectivity index (χ0v) is 31.8. The van der Waals surface area contributed by atoms with Gasteiger partial charge in [0.2, 0.25) is 0 Å². The Bertz CT molecular complexity index is 898. The van der Waals surface area contributed by atoms with Crippen LogP contribution in [-0.2, 0) is 76.9 Å². The van der Waals surface area contributed by atoms with Crippen LogP contribution in [0.4, 0.5) is 0 Å². The van der Waals surface area contributed by atoms with Gasteiger partial charge in [-0.25, -0.2) is 0 Å². The number of fused-ring (bicyclic) bond motifs is 4. The summed E-state index contributed by atoms with van der Waals surface area (Å²) in [5, 5.41) is 0. The summed E-state index contributed by atoms with van der Waals surface area (Å²) in [4.78, 5) is 21.6. The Balaban J connectivity index is 2.21. The molecule has 3 fully saturated rings. The highest BCUT2D eigenvalue weighted by atomic mass is 28.6. The Hall–Kier alpha value is 0.935. The summed E-state index contributed by atoms with van der Waals surface area (Å²) in [5.74, 6) is 0. The molecule has 4 bridgehead atoms. The van der Waals surface area contributed by atoms with Gasteiger partial charge in [0.25, 0.3) is 0 Å². The smallest absolute Gasteiger partial charge is 0.390 e. The third-order valence-corrected chi connectivity index (χ3v) is 32.0. The molecule has 0 aromatic rings. The summed E-state index contributed by atoms with van der Waals surface area (Å²) >= 11 is 0. The molecule has 236 valence electrons. The second kappa shape index (κ2) is 12.4. The lowest BCUT2D eigenvalue weighted by atomic mass is 10.9. The highest BCUT2D eigenvalue weighted by Crippen LogP contribution is 2.44. The molecular weight excluding hydrogens is 689 g/mol. The lowest BCUT2D eigenvalue weighted by Crippen LogP contribution is -2.80. The van der Waals surface area contributed by atoms with E-state index >= 15 is 0 Å². The number of rotatable bonds is 12. The Morgan fingerprint density at radius 3 is 1.65 bits per heavy atom. The molecule has 20 nitrogen and oxygen atoms in total. The molecule has 0 radical (unpaired) electrons. The Morgan fingerprint density at radius 1 is 0.625 bits per heavy atom. The van der Waals surface area contributed by atoms with Crippen molar-refractivity contribution in [3.63, 3.8) is 0 Å². The molecule has 3 aliphatic heterocycles. The molecule has 3 aliphatic rings. The second-order valence-corrected chi connectivity index (χ2v) is 29.6. The molecule has 3 rings (SSSR count). The summed E-state index contributed by atoms with van der Waals surface area (Å²) in [6.07, 6.45) is 0. The van der Waals surface area contributed by atoms with Crippen LogP contribution in [0.25, 0.3) is 0 Å². The quantitative estimate of drug-likeness (QED) is 0.200. The first kappa shape index (κ1) is 35.4. The van der Waals surface area contributed by atoms with Crippen molar-refractivity contribution in [2.24, 2.45) is 0 Å². The summed E-state index contributed by atoms with van der Waals surface area (Å²) in [6, 6.07) is 0. The Morgan fingerprint density at radius 2 is 1.18 bits per heavy atom. The maximum atomic E-state index is 11.2. The maximum Gasteiger partial charge on any atom is 0.666 e. The van der Waals surface area contributed by atoms with E-state index in [4.69, 9.17) is 76.9 Å². The lowest BCUT2D eigenvalue weighted by Gasteiger charge is -2.48. The zero-order valence-electron chi connectivity index (χ0n) is 23.8. The Labute approximate surface area is 240 Å². The molecule has 0 saturated carbocycles. The third-order valence-electron chi connectivity index (χ3n) is 5.59. The minimum Gasteiger partial charge on any atom is -0.390 e. The van der Waals surface area contributed by atoms with E-state index in [-0.39, 0.29) is 0 Å². The largest absolute Gasteiger partial charge is 0.666 e. The molecule has 0 aromatic heterocycles. The van der Waals surface area contributed by atoms with E-state index < -0.39 is 77.4 Å². The second-order valence-electron chi connectivity index (χ2n) is 8.20. The van der Waals surface area contributed by atoms with Crippen molar-refractivity contribution in [1.29, 1.82) is 0 Å². The minimum absolute atomic E-state index is 0.885. The van der Waals surface area contributed by atoms with Crippen molar-refractivity contribution in [2.45, 2.75) is 25.7 Å². The predicted octanol–water partition coefficient (Wildman–Crippen LogP) is -2.47. The predicted molar refractivity (Wildman–Crippen MR) is 139 cm³/mol. The molecule has 9 atom stereocenters. The first-order chi connectivity index (χ1) is 18.5. The van der Waals surface area contributed by atoms with E-state index in [1.807, 2.05) is 0 Å². The van der Waals surface area contributed by atoms with E-state index in [2.05, 4.69) is 0 Å². The fourth-order valence-electron chi connectivity index (χ4n) is 3.40. The molecular formula is C12H36O20Si8. The maximum absolute atomic E-state index is 11.2. The van der Waals surface area contributed by atoms with Crippen molar-refractivity contribution in [2.75, 3.05) is 56.9 Å². The Kier molecular flexibility index (Phi) is 11.0. The van der Waals surface area contributed by atoms with Crippen LogP contribution < -0.4 is 0 Å². The highest BCUT2D eigenvalue weighted by Gasteiger charge is 2.83.